The van der Waals surface area contributed by atoms with Crippen molar-refractivity contribution in [3.63, 3.8) is 0 Å². The standard InChI is InChI=1S/C19H21NO3S/c1-13-7-6-8-15(11-13)12-20(3)18(21)16-9-4-5-10-17(16)24-14(2)19(22)23/h4-11,14H,12H2,1-3H3,(H,22,23). The van der Waals surface area contributed by atoms with Crippen LogP contribution in [0.3, 0.4) is 0 Å². The lowest BCUT2D eigenvalue weighted by Gasteiger charge is -2.20. The molecular weight excluding hydrogens is 322 g/mol. The highest BCUT2D eigenvalue weighted by molar-refractivity contribution is 8.00. The van der Waals surface area contributed by atoms with E-state index in [9.17, 15) is 9.59 Å². The Balaban J connectivity index is 2.18. The summed E-state index contributed by atoms with van der Waals surface area (Å²) in [6, 6.07) is 15.2. The minimum Gasteiger partial charge on any atom is -0.480 e. The average Bonchev–Trinajstić information content (AvgIpc) is 2.54. The maximum absolute atomic E-state index is 12.8. The van der Waals surface area contributed by atoms with E-state index in [2.05, 4.69) is 6.07 Å². The Labute approximate surface area is 146 Å². The van der Waals surface area contributed by atoms with E-state index in [1.165, 1.54) is 11.8 Å². The molecule has 0 aliphatic heterocycles. The number of carbonyl (C=O) groups is 2. The first-order valence-corrected chi connectivity index (χ1v) is 8.56. The van der Waals surface area contributed by atoms with Crippen LogP contribution in [0.1, 0.15) is 28.4 Å². The number of hydrogen-bond acceptors (Lipinski definition) is 3. The van der Waals surface area contributed by atoms with Crippen molar-refractivity contribution in [2.24, 2.45) is 0 Å². The molecule has 0 radical (unpaired) electrons. The molecule has 0 aliphatic carbocycles. The first-order valence-electron chi connectivity index (χ1n) is 7.68. The third-order valence-corrected chi connectivity index (χ3v) is 4.78. The second-order valence-corrected chi connectivity index (χ2v) is 7.13. The van der Waals surface area contributed by atoms with E-state index in [0.29, 0.717) is 17.0 Å². The molecule has 0 fully saturated rings. The molecule has 0 saturated carbocycles. The van der Waals surface area contributed by atoms with Crippen molar-refractivity contribution in [1.29, 1.82) is 0 Å². The van der Waals surface area contributed by atoms with E-state index < -0.39 is 11.2 Å². The van der Waals surface area contributed by atoms with Gasteiger partial charge in [0.25, 0.3) is 5.91 Å². The molecule has 5 heteroatoms. The van der Waals surface area contributed by atoms with Gasteiger partial charge in [0, 0.05) is 18.5 Å². The molecule has 0 spiro atoms. The Kier molecular flexibility index (Phi) is 6.04. The fourth-order valence-corrected chi connectivity index (χ4v) is 3.27. The Morgan fingerprint density at radius 1 is 1.17 bits per heavy atom. The van der Waals surface area contributed by atoms with Gasteiger partial charge in [-0.3, -0.25) is 9.59 Å². The summed E-state index contributed by atoms with van der Waals surface area (Å²) in [5, 5.41) is 8.48. The summed E-state index contributed by atoms with van der Waals surface area (Å²) in [6.45, 7) is 4.14. The molecule has 4 nitrogen and oxygen atoms in total. The van der Waals surface area contributed by atoms with Crippen LogP contribution < -0.4 is 0 Å². The molecule has 1 unspecified atom stereocenters. The number of carboxylic acid groups (broad SMARTS) is 1. The summed E-state index contributed by atoms with van der Waals surface area (Å²) < 4.78 is 0. The smallest absolute Gasteiger partial charge is 0.316 e. The number of carbonyl (C=O) groups excluding carboxylic acids is 1. The first kappa shape index (κ1) is 18.1. The molecule has 1 amide bonds. The summed E-state index contributed by atoms with van der Waals surface area (Å²) in [5.74, 6) is -1.01. The summed E-state index contributed by atoms with van der Waals surface area (Å²) in [6.07, 6.45) is 0. The van der Waals surface area contributed by atoms with Crippen molar-refractivity contribution >= 4 is 23.6 Å². The van der Waals surface area contributed by atoms with Crippen LogP contribution >= 0.6 is 11.8 Å². The molecule has 0 saturated heterocycles. The van der Waals surface area contributed by atoms with Crippen LogP contribution in [0.5, 0.6) is 0 Å². The highest BCUT2D eigenvalue weighted by Gasteiger charge is 2.20. The molecule has 0 heterocycles. The normalized spacial score (nSPS) is 11.8. The van der Waals surface area contributed by atoms with E-state index in [-0.39, 0.29) is 5.91 Å². The van der Waals surface area contributed by atoms with Crippen LogP contribution in [-0.2, 0) is 11.3 Å². The van der Waals surface area contributed by atoms with Gasteiger partial charge in [-0.2, -0.15) is 0 Å². The molecule has 2 aromatic rings. The topological polar surface area (TPSA) is 57.6 Å². The molecular formula is C19H21NO3S. The van der Waals surface area contributed by atoms with Crippen molar-refractivity contribution in [3.8, 4) is 0 Å². The lowest BCUT2D eigenvalue weighted by Crippen LogP contribution is -2.27. The van der Waals surface area contributed by atoms with Crippen LogP contribution in [0, 0.1) is 6.92 Å². The fraction of sp³-hybridized carbons (Fsp3) is 0.263. The number of aryl methyl sites for hydroxylation is 1. The molecule has 0 aromatic heterocycles. The fourth-order valence-electron chi connectivity index (χ4n) is 2.35. The molecule has 24 heavy (non-hydrogen) atoms. The third kappa shape index (κ3) is 4.61. The van der Waals surface area contributed by atoms with Crippen LogP contribution in [0.25, 0.3) is 0 Å². The molecule has 2 aromatic carbocycles. The molecule has 0 bridgehead atoms. The van der Waals surface area contributed by atoms with Gasteiger partial charge in [0.2, 0.25) is 0 Å². The average molecular weight is 343 g/mol. The zero-order valence-electron chi connectivity index (χ0n) is 14.0. The van der Waals surface area contributed by atoms with Crippen LogP contribution in [0.15, 0.2) is 53.4 Å². The molecule has 0 aliphatic rings. The Morgan fingerprint density at radius 3 is 2.54 bits per heavy atom. The van der Waals surface area contributed by atoms with Crippen molar-refractivity contribution in [3.05, 3.63) is 65.2 Å². The summed E-state index contributed by atoms with van der Waals surface area (Å²) in [7, 11) is 1.76. The number of thioether (sulfide) groups is 1. The SMILES string of the molecule is Cc1cccc(CN(C)C(=O)c2ccccc2SC(C)C(=O)O)c1. The highest BCUT2D eigenvalue weighted by Crippen LogP contribution is 2.28. The van der Waals surface area contributed by atoms with Gasteiger partial charge >= 0.3 is 5.97 Å². The van der Waals surface area contributed by atoms with Crippen molar-refractivity contribution in [2.75, 3.05) is 7.05 Å². The number of amides is 1. The van der Waals surface area contributed by atoms with E-state index in [0.717, 1.165) is 11.1 Å². The Bertz CT molecular complexity index is 745. The summed E-state index contributed by atoms with van der Waals surface area (Å²) >= 11 is 1.19. The van der Waals surface area contributed by atoms with Gasteiger partial charge in [-0.05, 0) is 31.5 Å². The van der Waals surface area contributed by atoms with E-state index in [1.54, 1.807) is 37.1 Å². The van der Waals surface area contributed by atoms with E-state index in [4.69, 9.17) is 5.11 Å². The van der Waals surface area contributed by atoms with Gasteiger partial charge in [0.15, 0.2) is 0 Å². The minimum absolute atomic E-state index is 0.114. The predicted molar refractivity (Wildman–Crippen MR) is 96.4 cm³/mol. The number of hydrogen-bond donors (Lipinski definition) is 1. The van der Waals surface area contributed by atoms with Gasteiger partial charge < -0.3 is 10.0 Å². The summed E-state index contributed by atoms with van der Waals surface area (Å²) in [4.78, 5) is 26.2. The second-order valence-electron chi connectivity index (χ2n) is 5.74. The zero-order chi connectivity index (χ0) is 17.7. The monoisotopic (exact) mass is 343 g/mol. The molecule has 1 atom stereocenters. The maximum Gasteiger partial charge on any atom is 0.316 e. The number of benzene rings is 2. The van der Waals surface area contributed by atoms with Crippen molar-refractivity contribution in [2.45, 2.75) is 30.5 Å². The van der Waals surface area contributed by atoms with Gasteiger partial charge in [-0.25, -0.2) is 0 Å². The Morgan fingerprint density at radius 2 is 1.88 bits per heavy atom. The van der Waals surface area contributed by atoms with E-state index in [1.807, 2.05) is 31.2 Å². The van der Waals surface area contributed by atoms with Crippen LogP contribution in [0.4, 0.5) is 0 Å². The number of rotatable bonds is 6. The lowest BCUT2D eigenvalue weighted by atomic mass is 10.1. The van der Waals surface area contributed by atoms with E-state index >= 15 is 0 Å². The minimum atomic E-state index is -0.893. The number of nitrogens with zero attached hydrogens (tertiary/aromatic N) is 1. The van der Waals surface area contributed by atoms with Crippen LogP contribution in [-0.4, -0.2) is 34.2 Å². The predicted octanol–water partition coefficient (Wildman–Crippen LogP) is 3.83. The van der Waals surface area contributed by atoms with Gasteiger partial charge in [0.1, 0.15) is 5.25 Å². The molecule has 1 N–H and O–H groups in total. The first-order chi connectivity index (χ1) is 11.4. The number of carboxylic acids is 1. The van der Waals surface area contributed by atoms with Crippen molar-refractivity contribution in [1.82, 2.24) is 4.90 Å². The lowest BCUT2D eigenvalue weighted by molar-refractivity contribution is -0.136. The van der Waals surface area contributed by atoms with Gasteiger partial charge in [0.05, 0.1) is 5.56 Å². The third-order valence-electron chi connectivity index (χ3n) is 3.62. The van der Waals surface area contributed by atoms with Crippen molar-refractivity contribution < 1.29 is 14.7 Å². The Hall–Kier alpha value is -2.27. The number of aliphatic carboxylic acids is 1. The highest BCUT2D eigenvalue weighted by atomic mass is 32.2. The van der Waals surface area contributed by atoms with Gasteiger partial charge in [-0.15, -0.1) is 11.8 Å². The molecule has 2 rings (SSSR count). The maximum atomic E-state index is 12.8. The zero-order valence-corrected chi connectivity index (χ0v) is 14.8. The summed E-state index contributed by atoms with van der Waals surface area (Å²) in [5.41, 5.74) is 2.75. The largest absolute Gasteiger partial charge is 0.480 e. The quantitative estimate of drug-likeness (QED) is 0.810. The molecule has 126 valence electrons. The second kappa shape index (κ2) is 8.02. The van der Waals surface area contributed by atoms with Crippen LogP contribution in [0.2, 0.25) is 0 Å². The van der Waals surface area contributed by atoms with Gasteiger partial charge in [-0.1, -0.05) is 42.0 Å².